The highest BCUT2D eigenvalue weighted by Crippen LogP contribution is 2.34. The number of pyridine rings is 2. The first-order valence-electron chi connectivity index (χ1n) is 10.3. The number of nitrogens with two attached hydrogens (primary N) is 1. The van der Waals surface area contributed by atoms with Gasteiger partial charge in [-0.15, -0.1) is 10.2 Å². The molecule has 0 aliphatic heterocycles. The maximum Gasteiger partial charge on any atom is 0.170 e. The summed E-state index contributed by atoms with van der Waals surface area (Å²) in [6, 6.07) is 22.9. The molecule has 5 nitrogen and oxygen atoms in total. The van der Waals surface area contributed by atoms with Crippen LogP contribution >= 0.6 is 0 Å². The molecule has 0 bridgehead atoms. The van der Waals surface area contributed by atoms with Crippen LogP contribution in [0.2, 0.25) is 0 Å². The van der Waals surface area contributed by atoms with Gasteiger partial charge >= 0.3 is 0 Å². The quantitative estimate of drug-likeness (QED) is 0.455. The number of fused-ring (bicyclic) bond motifs is 3. The summed E-state index contributed by atoms with van der Waals surface area (Å²) in [5.41, 5.74) is 12.9. The van der Waals surface area contributed by atoms with Crippen LogP contribution in [0.3, 0.4) is 0 Å². The van der Waals surface area contributed by atoms with Crippen LogP contribution in [0.4, 0.5) is 0 Å². The molecule has 0 saturated heterocycles. The Balaban J connectivity index is 1.79. The first-order chi connectivity index (χ1) is 14.8. The van der Waals surface area contributed by atoms with Crippen molar-refractivity contribution in [2.45, 2.75) is 26.3 Å². The van der Waals surface area contributed by atoms with E-state index in [-0.39, 0.29) is 0 Å². The van der Waals surface area contributed by atoms with E-state index in [4.69, 9.17) is 10.7 Å². The maximum atomic E-state index is 5.78. The molecular formula is C25H23N5. The minimum atomic E-state index is 0.530. The minimum absolute atomic E-state index is 0.530. The minimum Gasteiger partial charge on any atom is -0.326 e. The monoisotopic (exact) mass is 393 g/mol. The Bertz CT molecular complexity index is 1320. The van der Waals surface area contributed by atoms with Crippen LogP contribution in [0, 0.1) is 0 Å². The summed E-state index contributed by atoms with van der Waals surface area (Å²) in [5, 5.41) is 9.90. The first-order valence-corrected chi connectivity index (χ1v) is 10.3. The highest BCUT2D eigenvalue weighted by molar-refractivity contribution is 5.98. The molecule has 148 valence electrons. The molecule has 0 atom stereocenters. The molecule has 5 aromatic rings. The molecule has 30 heavy (non-hydrogen) atoms. The number of hydrogen-bond acceptors (Lipinski definition) is 4. The Morgan fingerprint density at radius 3 is 2.43 bits per heavy atom. The molecule has 0 saturated carbocycles. The van der Waals surface area contributed by atoms with Crippen LogP contribution in [-0.2, 0) is 13.0 Å². The number of benzene rings is 2. The number of nitrogens with zero attached hydrogens (tertiary/aromatic N) is 4. The van der Waals surface area contributed by atoms with Crippen LogP contribution in [0.15, 0.2) is 72.9 Å². The van der Waals surface area contributed by atoms with Gasteiger partial charge in [0.1, 0.15) is 5.82 Å². The summed E-state index contributed by atoms with van der Waals surface area (Å²) >= 11 is 0. The molecule has 5 heteroatoms. The van der Waals surface area contributed by atoms with E-state index in [9.17, 15) is 0 Å². The predicted octanol–water partition coefficient (Wildman–Crippen LogP) is 5.02. The van der Waals surface area contributed by atoms with Crippen molar-refractivity contribution in [3.05, 3.63) is 84.3 Å². The van der Waals surface area contributed by atoms with E-state index in [0.29, 0.717) is 6.54 Å². The van der Waals surface area contributed by atoms with Gasteiger partial charge < -0.3 is 5.73 Å². The highest BCUT2D eigenvalue weighted by Gasteiger charge is 2.15. The Labute approximate surface area is 175 Å². The van der Waals surface area contributed by atoms with Gasteiger partial charge in [0, 0.05) is 35.7 Å². The second kappa shape index (κ2) is 7.69. The summed E-state index contributed by atoms with van der Waals surface area (Å²) in [4.78, 5) is 5.07. The van der Waals surface area contributed by atoms with Crippen molar-refractivity contribution in [1.82, 2.24) is 19.6 Å². The maximum absolute atomic E-state index is 5.78. The lowest BCUT2D eigenvalue weighted by Crippen LogP contribution is -1.98. The van der Waals surface area contributed by atoms with Gasteiger partial charge in [0.05, 0.1) is 11.2 Å². The molecule has 0 fully saturated rings. The fourth-order valence-corrected chi connectivity index (χ4v) is 3.89. The summed E-state index contributed by atoms with van der Waals surface area (Å²) in [7, 11) is 0. The van der Waals surface area contributed by atoms with E-state index in [1.165, 1.54) is 0 Å². The van der Waals surface area contributed by atoms with Crippen LogP contribution in [0.25, 0.3) is 38.9 Å². The van der Waals surface area contributed by atoms with Gasteiger partial charge in [0.2, 0.25) is 0 Å². The van der Waals surface area contributed by atoms with Gasteiger partial charge in [-0.05, 0) is 29.7 Å². The van der Waals surface area contributed by atoms with Crippen molar-refractivity contribution in [2.24, 2.45) is 5.73 Å². The average molecular weight is 393 g/mol. The molecule has 5 rings (SSSR count). The second-order valence-electron chi connectivity index (χ2n) is 7.46. The van der Waals surface area contributed by atoms with Crippen LogP contribution in [-0.4, -0.2) is 19.6 Å². The van der Waals surface area contributed by atoms with Crippen molar-refractivity contribution in [1.29, 1.82) is 0 Å². The number of rotatable bonds is 5. The zero-order chi connectivity index (χ0) is 20.5. The normalized spacial score (nSPS) is 11.4. The summed E-state index contributed by atoms with van der Waals surface area (Å²) in [6.45, 7) is 2.68. The fourth-order valence-electron chi connectivity index (χ4n) is 3.89. The van der Waals surface area contributed by atoms with Crippen molar-refractivity contribution in [3.8, 4) is 22.4 Å². The highest BCUT2D eigenvalue weighted by atomic mass is 15.2. The third-order valence-corrected chi connectivity index (χ3v) is 5.46. The van der Waals surface area contributed by atoms with Gasteiger partial charge in [-0.3, -0.25) is 4.40 Å². The Hall–Kier alpha value is -3.57. The third-order valence-electron chi connectivity index (χ3n) is 5.46. The van der Waals surface area contributed by atoms with E-state index >= 15 is 0 Å². The Kier molecular flexibility index (Phi) is 4.73. The van der Waals surface area contributed by atoms with Crippen LogP contribution < -0.4 is 5.73 Å². The number of aryl methyl sites for hydroxylation is 1. The summed E-state index contributed by atoms with van der Waals surface area (Å²) in [6.07, 6.45) is 3.96. The predicted molar refractivity (Wildman–Crippen MR) is 121 cm³/mol. The molecule has 2 aromatic carbocycles. The van der Waals surface area contributed by atoms with Crippen molar-refractivity contribution < 1.29 is 0 Å². The van der Waals surface area contributed by atoms with E-state index < -0.39 is 0 Å². The third kappa shape index (κ3) is 3.13. The molecule has 3 heterocycles. The number of aromatic nitrogens is 4. The molecule has 0 radical (unpaired) electrons. The smallest absolute Gasteiger partial charge is 0.170 e. The summed E-state index contributed by atoms with van der Waals surface area (Å²) < 4.78 is 2.08. The van der Waals surface area contributed by atoms with Gasteiger partial charge in [-0.1, -0.05) is 61.5 Å². The molecule has 0 aliphatic carbocycles. The molecule has 3 aromatic heterocycles. The van der Waals surface area contributed by atoms with E-state index in [0.717, 1.165) is 63.2 Å². The van der Waals surface area contributed by atoms with Gasteiger partial charge in [0.25, 0.3) is 0 Å². The zero-order valence-corrected chi connectivity index (χ0v) is 16.9. The molecule has 0 spiro atoms. The van der Waals surface area contributed by atoms with E-state index in [2.05, 4.69) is 82.2 Å². The Morgan fingerprint density at radius 2 is 1.70 bits per heavy atom. The lowest BCUT2D eigenvalue weighted by atomic mass is 9.97. The lowest BCUT2D eigenvalue weighted by Gasteiger charge is -2.12. The van der Waals surface area contributed by atoms with Crippen LogP contribution in [0.1, 0.15) is 24.7 Å². The van der Waals surface area contributed by atoms with Crippen molar-refractivity contribution in [3.63, 3.8) is 0 Å². The Morgan fingerprint density at radius 1 is 0.900 bits per heavy atom. The average Bonchev–Trinajstić information content (AvgIpc) is 3.22. The van der Waals surface area contributed by atoms with Crippen LogP contribution in [0.5, 0.6) is 0 Å². The fraction of sp³-hybridized carbons (Fsp3) is 0.160. The topological polar surface area (TPSA) is 69.1 Å². The molecule has 0 unspecified atom stereocenters. The first kappa shape index (κ1) is 18.5. The molecule has 0 amide bonds. The summed E-state index contributed by atoms with van der Waals surface area (Å²) in [5.74, 6) is 0.983. The largest absolute Gasteiger partial charge is 0.326 e. The van der Waals surface area contributed by atoms with Gasteiger partial charge in [-0.25, -0.2) is 4.98 Å². The SMILES string of the molecule is CCCc1nnc2c3cc(-c4ccccc4)c(-c4ccc(CN)cc4)nc3ccn12. The van der Waals surface area contributed by atoms with Crippen molar-refractivity contribution >= 4 is 16.6 Å². The standard InChI is InChI=1S/C25H23N5/c1-2-6-23-28-29-25-21-15-20(18-7-4-3-5-8-18)24(27-22(21)13-14-30(23)25)19-11-9-17(16-26)10-12-19/h3-5,7-15H,2,6,16,26H2,1H3. The number of hydrogen-bond donors (Lipinski definition) is 1. The molecule has 0 aliphatic rings. The van der Waals surface area contributed by atoms with Gasteiger partial charge in [-0.2, -0.15) is 0 Å². The van der Waals surface area contributed by atoms with Gasteiger partial charge in [0.15, 0.2) is 5.65 Å². The molecular weight excluding hydrogens is 370 g/mol. The van der Waals surface area contributed by atoms with E-state index in [1.807, 2.05) is 12.3 Å². The zero-order valence-electron chi connectivity index (χ0n) is 16.9. The second-order valence-corrected chi connectivity index (χ2v) is 7.46. The van der Waals surface area contributed by atoms with E-state index in [1.54, 1.807) is 0 Å². The lowest BCUT2D eigenvalue weighted by molar-refractivity contribution is 0.818. The molecule has 2 N–H and O–H groups in total. The van der Waals surface area contributed by atoms with Crippen molar-refractivity contribution in [2.75, 3.05) is 0 Å².